The molecule has 2 aliphatic rings. The minimum absolute atomic E-state index is 0.274. The summed E-state index contributed by atoms with van der Waals surface area (Å²) in [7, 11) is 0. The molecule has 2 N–H and O–H groups in total. The van der Waals surface area contributed by atoms with E-state index < -0.39 is 0 Å². The Balaban J connectivity index is 0.000000161. The van der Waals surface area contributed by atoms with Crippen LogP contribution < -0.4 is 9.47 Å². The second-order valence-corrected chi connectivity index (χ2v) is 10.4. The summed E-state index contributed by atoms with van der Waals surface area (Å²) in [5.41, 5.74) is 3.85. The van der Waals surface area contributed by atoms with Crippen LogP contribution in [-0.2, 0) is 12.8 Å². The quantitative estimate of drug-likeness (QED) is 0.149. The van der Waals surface area contributed by atoms with Gasteiger partial charge in [0.2, 0.25) is 0 Å². The van der Waals surface area contributed by atoms with Gasteiger partial charge in [0.1, 0.15) is 11.5 Å². The van der Waals surface area contributed by atoms with Gasteiger partial charge in [0.05, 0.1) is 25.9 Å². The topological polar surface area (TPSA) is 110 Å². The van der Waals surface area contributed by atoms with Crippen LogP contribution in [0.2, 0.25) is 0 Å². The Bertz CT molecular complexity index is 1220. The van der Waals surface area contributed by atoms with Gasteiger partial charge >= 0.3 is 0 Å². The molecular formula is C32H36N4O4. The molecule has 0 saturated heterocycles. The van der Waals surface area contributed by atoms with Gasteiger partial charge in [0, 0.05) is 46.7 Å². The van der Waals surface area contributed by atoms with Crippen molar-refractivity contribution in [3.63, 3.8) is 0 Å². The van der Waals surface area contributed by atoms with Crippen LogP contribution in [0.5, 0.6) is 11.5 Å². The summed E-state index contributed by atoms with van der Waals surface area (Å²) in [6.07, 6.45) is 14.9. The second kappa shape index (κ2) is 13.7. The first kappa shape index (κ1) is 27.4. The summed E-state index contributed by atoms with van der Waals surface area (Å²) < 4.78 is 11.3. The van der Waals surface area contributed by atoms with Crippen LogP contribution in [0.1, 0.15) is 70.6 Å². The minimum Gasteiger partial charge on any atom is -0.494 e. The van der Waals surface area contributed by atoms with Crippen LogP contribution in [-0.4, -0.2) is 44.7 Å². The fourth-order valence-corrected chi connectivity index (χ4v) is 4.34. The van der Waals surface area contributed by atoms with Gasteiger partial charge in [-0.05, 0) is 99.9 Å². The Morgan fingerprint density at radius 2 is 1.05 bits per heavy atom. The zero-order chi connectivity index (χ0) is 27.6. The monoisotopic (exact) mass is 540 g/mol. The summed E-state index contributed by atoms with van der Waals surface area (Å²) in [5, 5.41) is 0. The largest absolute Gasteiger partial charge is 0.494 e. The lowest BCUT2D eigenvalue weighted by Crippen LogP contribution is -2.02. The molecule has 6 rings (SSSR count). The molecule has 2 heterocycles. The number of benzene rings is 2. The molecule has 0 bridgehead atoms. The van der Waals surface area contributed by atoms with Gasteiger partial charge in [-0.15, -0.1) is 0 Å². The molecule has 0 unspecified atom stereocenters. The number of ether oxygens (including phenoxy) is 2. The Morgan fingerprint density at radius 3 is 1.38 bits per heavy atom. The van der Waals surface area contributed by atoms with Crippen molar-refractivity contribution in [1.29, 1.82) is 0 Å². The Hall–Kier alpha value is -4.20. The van der Waals surface area contributed by atoms with Crippen molar-refractivity contribution < 1.29 is 19.1 Å². The highest BCUT2D eigenvalue weighted by atomic mass is 16.5. The number of aromatic amines is 2. The van der Waals surface area contributed by atoms with Crippen molar-refractivity contribution in [3.8, 4) is 11.5 Å². The number of nitrogens with zero attached hydrogens (tertiary/aromatic N) is 2. The number of hydrogen-bond donors (Lipinski definition) is 2. The van der Waals surface area contributed by atoms with Crippen molar-refractivity contribution in [2.24, 2.45) is 11.8 Å². The maximum Gasteiger partial charge on any atom is 0.165 e. The highest BCUT2D eigenvalue weighted by Crippen LogP contribution is 2.33. The third kappa shape index (κ3) is 8.40. The Kier molecular flexibility index (Phi) is 9.40. The summed E-state index contributed by atoms with van der Waals surface area (Å²) >= 11 is 0. The van der Waals surface area contributed by atoms with Gasteiger partial charge in [0.15, 0.2) is 11.6 Å². The first-order chi connectivity index (χ1) is 19.7. The number of aryl methyl sites for hydroxylation is 2. The summed E-state index contributed by atoms with van der Waals surface area (Å²) in [6.45, 7) is 1.32. The molecule has 8 heteroatoms. The first-order valence-electron chi connectivity index (χ1n) is 14.1. The minimum atomic E-state index is 0.274. The van der Waals surface area contributed by atoms with E-state index in [4.69, 9.17) is 9.47 Å². The van der Waals surface area contributed by atoms with E-state index in [1.165, 1.54) is 0 Å². The third-order valence-electron chi connectivity index (χ3n) is 7.00. The predicted molar refractivity (Wildman–Crippen MR) is 152 cm³/mol. The van der Waals surface area contributed by atoms with Crippen LogP contribution in [0.25, 0.3) is 0 Å². The van der Waals surface area contributed by atoms with Crippen LogP contribution >= 0.6 is 0 Å². The molecule has 2 aromatic heterocycles. The molecule has 0 amide bonds. The van der Waals surface area contributed by atoms with Gasteiger partial charge in [-0.1, -0.05) is 0 Å². The van der Waals surface area contributed by atoms with E-state index in [-0.39, 0.29) is 23.4 Å². The van der Waals surface area contributed by atoms with Gasteiger partial charge in [-0.25, -0.2) is 9.97 Å². The number of aromatic nitrogens is 4. The number of Topliss-reactive ketones (excluding diaryl/α,β-unsaturated/α-hetero) is 2. The number of carbonyl (C=O) groups excluding carboxylic acids is 2. The first-order valence-corrected chi connectivity index (χ1v) is 14.1. The number of carbonyl (C=O) groups is 2. The number of rotatable bonds is 14. The molecular weight excluding hydrogens is 504 g/mol. The van der Waals surface area contributed by atoms with E-state index in [9.17, 15) is 9.59 Å². The second-order valence-electron chi connectivity index (χ2n) is 10.4. The maximum atomic E-state index is 11.9. The smallest absolute Gasteiger partial charge is 0.165 e. The normalized spacial score (nSPS) is 14.2. The van der Waals surface area contributed by atoms with E-state index in [0.717, 1.165) is 85.4 Å². The molecule has 2 saturated carbocycles. The van der Waals surface area contributed by atoms with E-state index >= 15 is 0 Å². The Morgan fingerprint density at radius 1 is 0.650 bits per heavy atom. The molecule has 208 valence electrons. The predicted octanol–water partition coefficient (Wildman–Crippen LogP) is 6.03. The lowest BCUT2D eigenvalue weighted by atomic mass is 10.1. The summed E-state index contributed by atoms with van der Waals surface area (Å²) in [6, 6.07) is 15.0. The third-order valence-corrected chi connectivity index (χ3v) is 7.00. The number of ketones is 2. The van der Waals surface area contributed by atoms with E-state index in [0.29, 0.717) is 13.2 Å². The fourth-order valence-electron chi connectivity index (χ4n) is 4.34. The summed E-state index contributed by atoms with van der Waals surface area (Å²) in [4.78, 5) is 37.8. The summed E-state index contributed by atoms with van der Waals surface area (Å²) in [5.74, 6) is 2.74. The molecule has 2 aliphatic carbocycles. The van der Waals surface area contributed by atoms with Gasteiger partial charge in [-0.3, -0.25) is 9.59 Å². The average Bonchev–Trinajstić information content (AvgIpc) is 3.92. The molecule has 40 heavy (non-hydrogen) atoms. The van der Waals surface area contributed by atoms with Crippen molar-refractivity contribution >= 4 is 11.6 Å². The van der Waals surface area contributed by atoms with E-state index in [1.807, 2.05) is 60.9 Å². The maximum absolute atomic E-state index is 11.9. The highest BCUT2D eigenvalue weighted by Gasteiger charge is 2.30. The molecule has 2 fully saturated rings. The van der Waals surface area contributed by atoms with Crippen LogP contribution in [0.3, 0.4) is 0 Å². The zero-order valence-electron chi connectivity index (χ0n) is 22.7. The zero-order valence-corrected chi connectivity index (χ0v) is 22.7. The highest BCUT2D eigenvalue weighted by molar-refractivity contribution is 5.99. The van der Waals surface area contributed by atoms with Crippen LogP contribution in [0.15, 0.2) is 73.6 Å². The van der Waals surface area contributed by atoms with Crippen molar-refractivity contribution in [2.75, 3.05) is 13.2 Å². The fraction of sp³-hybridized carbons (Fsp3) is 0.375. The van der Waals surface area contributed by atoms with Crippen molar-refractivity contribution in [1.82, 2.24) is 19.9 Å². The Labute approximate surface area is 234 Å². The number of nitrogens with one attached hydrogen (secondary N) is 2. The molecule has 0 atom stereocenters. The molecule has 2 aromatic carbocycles. The molecule has 0 radical (unpaired) electrons. The van der Waals surface area contributed by atoms with Crippen molar-refractivity contribution in [2.45, 2.75) is 51.4 Å². The molecule has 8 nitrogen and oxygen atoms in total. The molecule has 0 aliphatic heterocycles. The SMILES string of the molecule is O=C(c1ccc(OCCCc2cnc[nH]2)cc1)C1CC1.O=C(c1ccc(OCCCc2cnc[nH]2)cc1)C1CC1. The van der Waals surface area contributed by atoms with Crippen molar-refractivity contribution in [3.05, 3.63) is 96.1 Å². The van der Waals surface area contributed by atoms with Gasteiger partial charge in [0.25, 0.3) is 0 Å². The van der Waals surface area contributed by atoms with Gasteiger partial charge in [-0.2, -0.15) is 0 Å². The van der Waals surface area contributed by atoms with E-state index in [2.05, 4.69) is 19.9 Å². The number of hydrogen-bond acceptors (Lipinski definition) is 6. The lowest BCUT2D eigenvalue weighted by molar-refractivity contribution is 0.0960. The average molecular weight is 541 g/mol. The molecule has 0 spiro atoms. The standard InChI is InChI=1S/2C16H18N2O2/c2*19-16(12-3-4-12)13-5-7-15(8-6-13)20-9-1-2-14-10-17-11-18-14/h2*5-8,10-12H,1-4,9H2,(H,17,18). The van der Waals surface area contributed by atoms with E-state index in [1.54, 1.807) is 12.7 Å². The lowest BCUT2D eigenvalue weighted by Gasteiger charge is -2.06. The van der Waals surface area contributed by atoms with Crippen LogP contribution in [0, 0.1) is 11.8 Å². The number of H-pyrrole nitrogens is 2. The molecule has 4 aromatic rings. The van der Waals surface area contributed by atoms with Crippen LogP contribution in [0.4, 0.5) is 0 Å². The van der Waals surface area contributed by atoms with Gasteiger partial charge < -0.3 is 19.4 Å². The number of imidazole rings is 2.